The molecule has 0 spiro atoms. The first-order valence-electron chi connectivity index (χ1n) is 4.67. The highest BCUT2D eigenvalue weighted by molar-refractivity contribution is 7.89. The van der Waals surface area contributed by atoms with E-state index in [2.05, 4.69) is 15.1 Å². The second-order valence-electron chi connectivity index (χ2n) is 3.53. The monoisotopic (exact) mass is 254 g/mol. The third-order valence-electron chi connectivity index (χ3n) is 1.85. The maximum atomic E-state index is 11.0. The summed E-state index contributed by atoms with van der Waals surface area (Å²) in [5.74, 6) is 0.312. The summed E-state index contributed by atoms with van der Waals surface area (Å²) in [4.78, 5) is 7.92. The third-order valence-corrected chi connectivity index (χ3v) is 2.63. The van der Waals surface area contributed by atoms with E-state index < -0.39 is 9.84 Å². The van der Waals surface area contributed by atoms with E-state index >= 15 is 0 Å². The zero-order valence-corrected chi connectivity index (χ0v) is 9.81. The Balaban J connectivity index is 2.30. The van der Waals surface area contributed by atoms with E-state index in [1.807, 2.05) is 0 Å². The van der Waals surface area contributed by atoms with Crippen LogP contribution in [0.3, 0.4) is 0 Å². The van der Waals surface area contributed by atoms with Crippen molar-refractivity contribution >= 4 is 15.7 Å². The van der Waals surface area contributed by atoms with Gasteiger partial charge >= 0.3 is 0 Å². The number of aromatic nitrogens is 3. The van der Waals surface area contributed by atoms with Crippen LogP contribution in [0.5, 0.6) is 0 Å². The van der Waals surface area contributed by atoms with E-state index in [1.54, 1.807) is 18.2 Å². The Hall–Kier alpha value is -1.96. The Labute approximate surface area is 97.6 Å². The number of hydrogen-bond acceptors (Lipinski definition) is 7. The average Bonchev–Trinajstić information content (AvgIpc) is 2.63. The Bertz CT molecular complexity index is 635. The highest BCUT2D eigenvalue weighted by atomic mass is 32.2. The molecular weight excluding hydrogens is 244 g/mol. The van der Waals surface area contributed by atoms with Crippen molar-refractivity contribution in [1.29, 1.82) is 0 Å². The van der Waals surface area contributed by atoms with Gasteiger partial charge in [0.1, 0.15) is 17.3 Å². The van der Waals surface area contributed by atoms with Crippen molar-refractivity contribution in [2.24, 2.45) is 0 Å². The third kappa shape index (κ3) is 3.00. The SMILES string of the molecule is CS(=O)(=O)Cc1noc(-c2cccc(N)n2)n1. The molecule has 0 bridgehead atoms. The lowest BCUT2D eigenvalue weighted by molar-refractivity contribution is 0.423. The zero-order valence-electron chi connectivity index (χ0n) is 8.99. The van der Waals surface area contributed by atoms with Gasteiger partial charge in [-0.3, -0.25) is 0 Å². The fourth-order valence-electron chi connectivity index (χ4n) is 1.22. The van der Waals surface area contributed by atoms with Crippen molar-refractivity contribution in [3.63, 3.8) is 0 Å². The summed E-state index contributed by atoms with van der Waals surface area (Å²) < 4.78 is 27.0. The number of nitrogens with zero attached hydrogens (tertiary/aromatic N) is 3. The summed E-state index contributed by atoms with van der Waals surface area (Å²) in [6.07, 6.45) is 1.10. The highest BCUT2D eigenvalue weighted by Gasteiger charge is 2.14. The number of anilines is 1. The number of nitrogen functional groups attached to an aromatic ring is 1. The molecule has 2 N–H and O–H groups in total. The predicted molar refractivity (Wildman–Crippen MR) is 60.5 cm³/mol. The first-order chi connectivity index (χ1) is 7.94. The Morgan fingerprint density at radius 1 is 1.35 bits per heavy atom. The highest BCUT2D eigenvalue weighted by Crippen LogP contribution is 2.16. The quantitative estimate of drug-likeness (QED) is 0.835. The molecule has 0 fully saturated rings. The van der Waals surface area contributed by atoms with Crippen LogP contribution in [0.25, 0.3) is 11.6 Å². The standard InChI is InChI=1S/C9H10N4O3S/c1-17(14,15)5-8-12-9(16-13-8)6-3-2-4-7(10)11-6/h2-4H,5H2,1H3,(H2,10,11). The van der Waals surface area contributed by atoms with E-state index in [0.717, 1.165) is 6.26 Å². The lowest BCUT2D eigenvalue weighted by Gasteiger charge is -1.94. The van der Waals surface area contributed by atoms with Crippen LogP contribution in [0.1, 0.15) is 5.82 Å². The molecule has 2 aromatic rings. The maximum absolute atomic E-state index is 11.0. The average molecular weight is 254 g/mol. The van der Waals surface area contributed by atoms with Crippen molar-refractivity contribution < 1.29 is 12.9 Å². The van der Waals surface area contributed by atoms with Crippen molar-refractivity contribution in [3.8, 4) is 11.6 Å². The van der Waals surface area contributed by atoms with E-state index in [4.69, 9.17) is 10.3 Å². The molecule has 8 heteroatoms. The largest absolute Gasteiger partial charge is 0.384 e. The van der Waals surface area contributed by atoms with Crippen molar-refractivity contribution in [1.82, 2.24) is 15.1 Å². The van der Waals surface area contributed by atoms with Crippen LogP contribution in [-0.4, -0.2) is 29.8 Å². The van der Waals surface area contributed by atoms with Gasteiger partial charge in [0.05, 0.1) is 0 Å². The number of rotatable bonds is 3. The van der Waals surface area contributed by atoms with Crippen molar-refractivity contribution in [2.75, 3.05) is 12.0 Å². The molecule has 0 radical (unpaired) electrons. The summed E-state index contributed by atoms with van der Waals surface area (Å²) in [5.41, 5.74) is 5.92. The van der Waals surface area contributed by atoms with E-state index in [0.29, 0.717) is 11.5 Å². The minimum atomic E-state index is -3.18. The smallest absolute Gasteiger partial charge is 0.276 e. The summed E-state index contributed by atoms with van der Waals surface area (Å²) in [6, 6.07) is 4.96. The Kier molecular flexibility index (Phi) is 2.80. The number of pyridine rings is 1. The van der Waals surface area contributed by atoms with Gasteiger partial charge in [-0.15, -0.1) is 0 Å². The second kappa shape index (κ2) is 4.13. The summed E-state index contributed by atoms with van der Waals surface area (Å²) in [6.45, 7) is 0. The van der Waals surface area contributed by atoms with Crippen LogP contribution in [0.4, 0.5) is 5.82 Å². The summed E-state index contributed by atoms with van der Waals surface area (Å²) >= 11 is 0. The van der Waals surface area contributed by atoms with Gasteiger partial charge < -0.3 is 10.3 Å². The van der Waals surface area contributed by atoms with Crippen LogP contribution in [-0.2, 0) is 15.6 Å². The lowest BCUT2D eigenvalue weighted by atomic mass is 10.3. The Morgan fingerprint density at radius 2 is 2.12 bits per heavy atom. The van der Waals surface area contributed by atoms with E-state index in [1.165, 1.54) is 0 Å². The van der Waals surface area contributed by atoms with Crippen LogP contribution in [0.2, 0.25) is 0 Å². The van der Waals surface area contributed by atoms with Gasteiger partial charge in [0, 0.05) is 6.26 Å². The zero-order chi connectivity index (χ0) is 12.5. The molecule has 0 atom stereocenters. The van der Waals surface area contributed by atoms with Gasteiger partial charge in [-0.25, -0.2) is 13.4 Å². The van der Waals surface area contributed by atoms with E-state index in [9.17, 15) is 8.42 Å². The van der Waals surface area contributed by atoms with Gasteiger partial charge in [-0.2, -0.15) is 4.98 Å². The molecule has 0 aliphatic rings. The molecule has 2 aromatic heterocycles. The minimum Gasteiger partial charge on any atom is -0.384 e. The fraction of sp³-hybridized carbons (Fsp3) is 0.222. The van der Waals surface area contributed by atoms with E-state index in [-0.39, 0.29) is 17.5 Å². The maximum Gasteiger partial charge on any atom is 0.276 e. The molecule has 2 heterocycles. The van der Waals surface area contributed by atoms with Crippen LogP contribution < -0.4 is 5.73 Å². The fourth-order valence-corrected chi connectivity index (χ4v) is 1.81. The van der Waals surface area contributed by atoms with Crippen molar-refractivity contribution in [3.05, 3.63) is 24.0 Å². The molecule has 0 aromatic carbocycles. The first kappa shape index (κ1) is 11.5. The molecule has 7 nitrogen and oxygen atoms in total. The van der Waals surface area contributed by atoms with Gasteiger partial charge in [0.25, 0.3) is 5.89 Å². The molecule has 0 saturated carbocycles. The first-order valence-corrected chi connectivity index (χ1v) is 6.73. The molecule has 0 amide bonds. The number of sulfone groups is 1. The second-order valence-corrected chi connectivity index (χ2v) is 5.67. The summed E-state index contributed by atoms with van der Waals surface area (Å²) in [5, 5.41) is 3.56. The van der Waals surface area contributed by atoms with Crippen LogP contribution in [0.15, 0.2) is 22.7 Å². The Morgan fingerprint density at radius 3 is 2.76 bits per heavy atom. The molecule has 17 heavy (non-hydrogen) atoms. The molecular formula is C9H10N4O3S. The molecule has 0 aliphatic carbocycles. The van der Waals surface area contributed by atoms with Crippen molar-refractivity contribution in [2.45, 2.75) is 5.75 Å². The predicted octanol–water partition coefficient (Wildman–Crippen LogP) is 0.258. The number of hydrogen-bond donors (Lipinski definition) is 1. The molecule has 0 unspecified atom stereocenters. The van der Waals surface area contributed by atoms with Gasteiger partial charge in [-0.1, -0.05) is 11.2 Å². The van der Waals surface area contributed by atoms with Gasteiger partial charge in [-0.05, 0) is 12.1 Å². The van der Waals surface area contributed by atoms with Gasteiger partial charge in [0.15, 0.2) is 15.7 Å². The summed E-state index contributed by atoms with van der Waals surface area (Å²) in [7, 11) is -3.18. The molecule has 90 valence electrons. The molecule has 0 saturated heterocycles. The molecule has 0 aliphatic heterocycles. The minimum absolute atomic E-state index is 0.103. The van der Waals surface area contributed by atoms with Gasteiger partial charge in [0.2, 0.25) is 0 Å². The van der Waals surface area contributed by atoms with Crippen LogP contribution >= 0.6 is 0 Å². The lowest BCUT2D eigenvalue weighted by Crippen LogP contribution is -2.02. The van der Waals surface area contributed by atoms with Crippen LogP contribution in [0, 0.1) is 0 Å². The number of nitrogens with two attached hydrogens (primary N) is 1. The molecule has 2 rings (SSSR count). The normalized spacial score (nSPS) is 11.6. The topological polar surface area (TPSA) is 112 Å².